The summed E-state index contributed by atoms with van der Waals surface area (Å²) < 4.78 is 0. The van der Waals surface area contributed by atoms with Gasteiger partial charge in [0.2, 0.25) is 11.8 Å². The summed E-state index contributed by atoms with van der Waals surface area (Å²) in [4.78, 5) is 29.8. The molecule has 8 heteroatoms. The minimum Gasteiger partial charge on any atom is -0.339 e. The molecule has 132 valence electrons. The van der Waals surface area contributed by atoms with Crippen molar-refractivity contribution >= 4 is 36.6 Å². The molecule has 0 radical (unpaired) electrons. The van der Waals surface area contributed by atoms with Gasteiger partial charge in [-0.05, 0) is 20.0 Å². The number of amides is 2. The van der Waals surface area contributed by atoms with E-state index in [1.54, 1.807) is 0 Å². The van der Waals surface area contributed by atoms with Crippen molar-refractivity contribution in [1.29, 1.82) is 0 Å². The van der Waals surface area contributed by atoms with Crippen molar-refractivity contribution in [2.45, 2.75) is 33.2 Å². The Kier molecular flexibility index (Phi) is 12.9. The number of hydrogen-bond acceptors (Lipinski definition) is 4. The average Bonchev–Trinajstić information content (AvgIpc) is 2.43. The fourth-order valence-corrected chi connectivity index (χ4v) is 2.35. The largest absolute Gasteiger partial charge is 0.339 e. The molecular formula is C14H30Cl2N4O2. The second-order valence-electron chi connectivity index (χ2n) is 5.40. The normalized spacial score (nSPS) is 15.9. The van der Waals surface area contributed by atoms with Crippen molar-refractivity contribution in [3.05, 3.63) is 0 Å². The number of carbonyl (C=O) groups excluding carboxylic acids is 2. The lowest BCUT2D eigenvalue weighted by atomic mass is 10.2. The highest BCUT2D eigenvalue weighted by atomic mass is 35.5. The lowest BCUT2D eigenvalue weighted by molar-refractivity contribution is -0.140. The van der Waals surface area contributed by atoms with Crippen LogP contribution in [-0.2, 0) is 9.59 Å². The zero-order valence-corrected chi connectivity index (χ0v) is 15.4. The Morgan fingerprint density at radius 2 is 1.41 bits per heavy atom. The van der Waals surface area contributed by atoms with Crippen molar-refractivity contribution in [2.75, 3.05) is 45.8 Å². The van der Waals surface area contributed by atoms with Crippen molar-refractivity contribution in [3.63, 3.8) is 0 Å². The van der Waals surface area contributed by atoms with E-state index in [1.807, 2.05) is 16.7 Å². The lowest BCUT2D eigenvalue weighted by Crippen LogP contribution is -2.53. The van der Waals surface area contributed by atoms with Gasteiger partial charge in [-0.25, -0.2) is 0 Å². The van der Waals surface area contributed by atoms with Gasteiger partial charge in [0.25, 0.3) is 0 Å². The molecule has 0 bridgehead atoms. The van der Waals surface area contributed by atoms with E-state index in [0.29, 0.717) is 39.1 Å². The Bertz CT molecular complexity index is 331. The molecular weight excluding hydrogens is 327 g/mol. The first-order valence-electron chi connectivity index (χ1n) is 7.51. The van der Waals surface area contributed by atoms with Crippen LogP contribution in [0.1, 0.15) is 27.2 Å². The quantitative estimate of drug-likeness (QED) is 0.755. The summed E-state index contributed by atoms with van der Waals surface area (Å²) in [6, 6.07) is -0.107. The van der Waals surface area contributed by atoms with Crippen LogP contribution in [0.4, 0.5) is 0 Å². The van der Waals surface area contributed by atoms with Gasteiger partial charge in [0, 0.05) is 38.6 Å². The monoisotopic (exact) mass is 356 g/mol. The number of hydrogen-bond donors (Lipinski definition) is 1. The van der Waals surface area contributed by atoms with Gasteiger partial charge in [-0.3, -0.25) is 14.5 Å². The number of likely N-dealkylation sites (N-methyl/N-ethyl adjacent to an activating group) is 1. The summed E-state index contributed by atoms with van der Waals surface area (Å²) in [5.41, 5.74) is 5.64. The molecule has 1 heterocycles. The smallest absolute Gasteiger partial charge is 0.236 e. The van der Waals surface area contributed by atoms with Crippen LogP contribution in [0.25, 0.3) is 0 Å². The molecule has 1 atom stereocenters. The number of nitrogens with zero attached hydrogens (tertiary/aromatic N) is 3. The first-order valence-corrected chi connectivity index (χ1v) is 7.51. The Balaban J connectivity index is 0. The van der Waals surface area contributed by atoms with Gasteiger partial charge in [-0.1, -0.05) is 13.8 Å². The van der Waals surface area contributed by atoms with Gasteiger partial charge in [0.15, 0.2) is 0 Å². The van der Waals surface area contributed by atoms with Gasteiger partial charge in [0.05, 0.1) is 6.54 Å². The van der Waals surface area contributed by atoms with Crippen LogP contribution in [0, 0.1) is 0 Å². The van der Waals surface area contributed by atoms with Crippen LogP contribution in [0.5, 0.6) is 0 Å². The number of piperazine rings is 1. The van der Waals surface area contributed by atoms with Crippen LogP contribution in [0.3, 0.4) is 0 Å². The molecule has 1 fully saturated rings. The molecule has 22 heavy (non-hydrogen) atoms. The summed E-state index contributed by atoms with van der Waals surface area (Å²) in [5.74, 6) is 0.254. The predicted molar refractivity (Wildman–Crippen MR) is 93.7 cm³/mol. The molecule has 0 saturated carbocycles. The molecule has 0 spiro atoms. The van der Waals surface area contributed by atoms with E-state index in [2.05, 4.69) is 18.7 Å². The highest BCUT2D eigenvalue weighted by molar-refractivity contribution is 5.85. The first-order chi connectivity index (χ1) is 9.47. The number of halogens is 2. The van der Waals surface area contributed by atoms with Crippen LogP contribution >= 0.6 is 24.8 Å². The summed E-state index contributed by atoms with van der Waals surface area (Å²) in [7, 11) is 0. The van der Waals surface area contributed by atoms with E-state index >= 15 is 0 Å². The third-order valence-electron chi connectivity index (χ3n) is 3.73. The van der Waals surface area contributed by atoms with Gasteiger partial charge < -0.3 is 15.5 Å². The SMILES string of the molecule is CCN(CC)CC(=O)N1CCN(C(=O)CC(C)N)CC1.Cl.Cl. The molecule has 0 aromatic heterocycles. The molecule has 0 aromatic rings. The van der Waals surface area contributed by atoms with E-state index in [-0.39, 0.29) is 42.7 Å². The van der Waals surface area contributed by atoms with Crippen molar-refractivity contribution in [3.8, 4) is 0 Å². The second kappa shape index (κ2) is 11.9. The summed E-state index contributed by atoms with van der Waals surface area (Å²) in [6.45, 7) is 10.7. The standard InChI is InChI=1S/C14H28N4O2.2ClH/c1-4-16(5-2)11-14(20)18-8-6-17(7-9-18)13(19)10-12(3)15;;/h12H,4-11,15H2,1-3H3;2*1H. The topological polar surface area (TPSA) is 69.9 Å². The first kappa shape index (κ1) is 23.7. The van der Waals surface area contributed by atoms with Crippen LogP contribution in [-0.4, -0.2) is 78.4 Å². The van der Waals surface area contributed by atoms with Gasteiger partial charge in [0.1, 0.15) is 0 Å². The molecule has 1 aliphatic heterocycles. The second-order valence-corrected chi connectivity index (χ2v) is 5.40. The third kappa shape index (κ3) is 7.63. The molecule has 0 aromatic carbocycles. The highest BCUT2D eigenvalue weighted by Crippen LogP contribution is 2.06. The molecule has 1 aliphatic rings. The van der Waals surface area contributed by atoms with Crippen LogP contribution in [0.15, 0.2) is 0 Å². The molecule has 2 amide bonds. The zero-order valence-electron chi connectivity index (χ0n) is 13.8. The van der Waals surface area contributed by atoms with Crippen LogP contribution < -0.4 is 5.73 Å². The van der Waals surface area contributed by atoms with E-state index in [0.717, 1.165) is 13.1 Å². The van der Waals surface area contributed by atoms with Gasteiger partial charge in [-0.15, -0.1) is 24.8 Å². The number of nitrogens with two attached hydrogens (primary N) is 1. The number of carbonyl (C=O) groups is 2. The lowest BCUT2D eigenvalue weighted by Gasteiger charge is -2.36. The summed E-state index contributed by atoms with van der Waals surface area (Å²) >= 11 is 0. The van der Waals surface area contributed by atoms with E-state index in [1.165, 1.54) is 0 Å². The Morgan fingerprint density at radius 1 is 1.00 bits per heavy atom. The molecule has 1 saturated heterocycles. The maximum Gasteiger partial charge on any atom is 0.236 e. The summed E-state index contributed by atoms with van der Waals surface area (Å²) in [5, 5.41) is 0. The van der Waals surface area contributed by atoms with Crippen molar-refractivity contribution in [2.24, 2.45) is 5.73 Å². The van der Waals surface area contributed by atoms with Crippen molar-refractivity contribution in [1.82, 2.24) is 14.7 Å². The third-order valence-corrected chi connectivity index (χ3v) is 3.73. The Hall–Kier alpha value is -0.560. The van der Waals surface area contributed by atoms with E-state index in [4.69, 9.17) is 5.73 Å². The van der Waals surface area contributed by atoms with Gasteiger partial charge in [-0.2, -0.15) is 0 Å². The minimum absolute atomic E-state index is 0. The van der Waals surface area contributed by atoms with E-state index in [9.17, 15) is 9.59 Å². The minimum atomic E-state index is -0.107. The Morgan fingerprint density at radius 3 is 1.77 bits per heavy atom. The fraction of sp³-hybridized carbons (Fsp3) is 0.857. The molecule has 1 unspecified atom stereocenters. The molecule has 1 rings (SSSR count). The van der Waals surface area contributed by atoms with Crippen LogP contribution in [0.2, 0.25) is 0 Å². The maximum absolute atomic E-state index is 12.1. The highest BCUT2D eigenvalue weighted by Gasteiger charge is 2.24. The van der Waals surface area contributed by atoms with Crippen molar-refractivity contribution < 1.29 is 9.59 Å². The Labute approximate surface area is 146 Å². The maximum atomic E-state index is 12.1. The van der Waals surface area contributed by atoms with Gasteiger partial charge >= 0.3 is 0 Å². The zero-order chi connectivity index (χ0) is 15.1. The number of rotatable bonds is 6. The fourth-order valence-electron chi connectivity index (χ4n) is 2.35. The molecule has 0 aliphatic carbocycles. The molecule has 2 N–H and O–H groups in total. The average molecular weight is 357 g/mol. The predicted octanol–water partition coefficient (Wildman–Crippen LogP) is 0.580. The molecule has 6 nitrogen and oxygen atoms in total. The summed E-state index contributed by atoms with van der Waals surface area (Å²) in [6.07, 6.45) is 0.382. The van der Waals surface area contributed by atoms with E-state index < -0.39 is 0 Å².